The average Bonchev–Trinajstić information content (AvgIpc) is 2.69. The van der Waals surface area contributed by atoms with Crippen LogP contribution in [0.4, 0.5) is 0 Å². The van der Waals surface area contributed by atoms with Crippen molar-refractivity contribution in [1.82, 2.24) is 0 Å². The van der Waals surface area contributed by atoms with Gasteiger partial charge in [0.25, 0.3) is 0 Å². The van der Waals surface area contributed by atoms with Gasteiger partial charge < -0.3 is 0 Å². The van der Waals surface area contributed by atoms with Gasteiger partial charge in [0.2, 0.25) is 0 Å². The Morgan fingerprint density at radius 3 is 1.36 bits per heavy atom. The molecule has 1 aromatic heterocycles. The van der Waals surface area contributed by atoms with Gasteiger partial charge in [-0.05, 0) is 28.6 Å². The lowest BCUT2D eigenvalue weighted by Crippen LogP contribution is -1.98. The molecule has 4 rings (SSSR count). The molecule has 0 aliphatic heterocycles. The predicted octanol–water partition coefficient (Wildman–Crippen LogP) is 6.36. The van der Waals surface area contributed by atoms with Crippen molar-refractivity contribution in [2.24, 2.45) is 0 Å². The van der Waals surface area contributed by atoms with Crippen LogP contribution in [-0.2, 0) is 0 Å². The Morgan fingerprint density at radius 1 is 0.520 bits per heavy atom. The lowest BCUT2D eigenvalue weighted by atomic mass is 10.1. The van der Waals surface area contributed by atoms with Crippen LogP contribution in [0.5, 0.6) is 0 Å². The first-order chi connectivity index (χ1) is 12.3. The Morgan fingerprint density at radius 2 is 0.920 bits per heavy atom. The molecule has 2 heteroatoms. The van der Waals surface area contributed by atoms with E-state index in [1.165, 1.54) is 5.30 Å². The van der Waals surface area contributed by atoms with Gasteiger partial charge in [-0.2, -0.15) is 0 Å². The minimum Gasteiger partial charge on any atom is -0.290 e. The molecule has 0 aliphatic carbocycles. The fraction of sp³-hybridized carbons (Fsp3) is 0. The van der Waals surface area contributed by atoms with E-state index >= 15 is 0 Å². The van der Waals surface area contributed by atoms with E-state index in [1.54, 1.807) is 12.1 Å². The van der Waals surface area contributed by atoms with Crippen LogP contribution >= 0.6 is 7.53 Å². The van der Waals surface area contributed by atoms with Crippen LogP contribution in [0.2, 0.25) is 0 Å². The highest BCUT2D eigenvalue weighted by molar-refractivity contribution is 7.63. The van der Waals surface area contributed by atoms with Crippen LogP contribution in [0.15, 0.2) is 108 Å². The summed E-state index contributed by atoms with van der Waals surface area (Å²) in [6.07, 6.45) is 0. The Balaban J connectivity index is 2.09. The zero-order valence-corrected chi connectivity index (χ0v) is 14.6. The first-order valence-corrected chi connectivity index (χ1v) is 9.60. The topological polar surface area (TPSA) is 17.1 Å². The number of hydrogen-bond acceptors (Lipinski definition) is 1. The third-order valence-electron chi connectivity index (χ3n) is 4.19. The van der Waals surface area contributed by atoms with Crippen LogP contribution in [0.25, 0.3) is 27.0 Å². The lowest BCUT2D eigenvalue weighted by Gasteiger charge is -2.16. The second-order valence-corrected chi connectivity index (χ2v) is 8.02. The maximum Gasteiger partial charge on any atom is 0.180 e. The normalized spacial score (nSPS) is 10.6. The summed E-state index contributed by atoms with van der Waals surface area (Å²) in [6, 6.07) is 34.6. The van der Waals surface area contributed by atoms with E-state index in [2.05, 4.69) is 48.5 Å². The summed E-state index contributed by atoms with van der Waals surface area (Å²) in [6.45, 7) is 0. The average molecular weight is 340 g/mol. The number of hydrogen-bond donors (Lipinski definition) is 0. The quantitative estimate of drug-likeness (QED) is 0.424. The van der Waals surface area contributed by atoms with E-state index in [-0.39, 0.29) is 5.43 Å². The first-order valence-electron chi connectivity index (χ1n) is 8.26. The minimum atomic E-state index is -0.772. The molecule has 4 aromatic rings. The highest BCUT2D eigenvalue weighted by Gasteiger charge is 2.14. The molecule has 0 N–H and O–H groups in total. The molecule has 0 fully saturated rings. The molecule has 0 spiro atoms. The zero-order valence-electron chi connectivity index (χ0n) is 13.7. The Kier molecular flexibility index (Phi) is 4.33. The monoisotopic (exact) mass is 340 g/mol. The van der Waals surface area contributed by atoms with Crippen LogP contribution in [-0.4, -0.2) is 0 Å². The van der Waals surface area contributed by atoms with Crippen molar-refractivity contribution in [2.45, 2.75) is 0 Å². The lowest BCUT2D eigenvalue weighted by molar-refractivity contribution is 1.61. The summed E-state index contributed by atoms with van der Waals surface area (Å²) >= 11 is 0. The molecular formula is C23H17OP. The first kappa shape index (κ1) is 15.6. The van der Waals surface area contributed by atoms with Crippen LogP contribution in [0.3, 0.4) is 0 Å². The van der Waals surface area contributed by atoms with Crippen LogP contribution in [0, 0.1) is 0 Å². The minimum absolute atomic E-state index is 0.0624. The van der Waals surface area contributed by atoms with Crippen molar-refractivity contribution in [3.05, 3.63) is 113 Å². The summed E-state index contributed by atoms with van der Waals surface area (Å²) in [7, 11) is -0.772. The summed E-state index contributed by atoms with van der Waals surface area (Å²) in [5.74, 6) is 0. The largest absolute Gasteiger partial charge is 0.290 e. The molecule has 0 saturated heterocycles. The van der Waals surface area contributed by atoms with Gasteiger partial charge in [0, 0.05) is 10.6 Å². The van der Waals surface area contributed by atoms with Crippen molar-refractivity contribution in [3.63, 3.8) is 0 Å². The molecule has 0 radical (unpaired) electrons. The van der Waals surface area contributed by atoms with Crippen molar-refractivity contribution >= 4 is 7.53 Å². The van der Waals surface area contributed by atoms with Gasteiger partial charge in [0.05, 0.1) is 0 Å². The fourth-order valence-electron chi connectivity index (χ4n) is 3.07. The molecule has 0 bridgehead atoms. The van der Waals surface area contributed by atoms with E-state index in [0.29, 0.717) is 0 Å². The summed E-state index contributed by atoms with van der Waals surface area (Å²) in [4.78, 5) is 12.5. The van der Waals surface area contributed by atoms with E-state index in [0.717, 1.165) is 21.7 Å². The maximum absolute atomic E-state index is 12.5. The van der Waals surface area contributed by atoms with Crippen molar-refractivity contribution < 1.29 is 0 Å². The van der Waals surface area contributed by atoms with Crippen LogP contribution < -0.4 is 5.43 Å². The summed E-state index contributed by atoms with van der Waals surface area (Å²) in [5.41, 5.74) is 2.30. The molecule has 0 saturated carbocycles. The Hall–Kier alpha value is -2.89. The van der Waals surface area contributed by atoms with Crippen molar-refractivity contribution in [1.29, 1.82) is 0 Å². The van der Waals surface area contributed by atoms with Crippen LogP contribution in [0.1, 0.15) is 0 Å². The fourth-order valence-corrected chi connectivity index (χ4v) is 5.68. The van der Waals surface area contributed by atoms with E-state index in [4.69, 9.17) is 0 Å². The highest BCUT2D eigenvalue weighted by Crippen LogP contribution is 2.54. The predicted molar refractivity (Wildman–Crippen MR) is 108 cm³/mol. The molecule has 25 heavy (non-hydrogen) atoms. The molecule has 0 aliphatic rings. The molecule has 0 unspecified atom stereocenters. The van der Waals surface area contributed by atoms with Gasteiger partial charge in [-0.1, -0.05) is 98.5 Å². The molecular weight excluding hydrogens is 323 g/mol. The zero-order chi connectivity index (χ0) is 17.1. The Bertz CT molecular complexity index is 972. The van der Waals surface area contributed by atoms with Gasteiger partial charge in [-0.15, -0.1) is 0 Å². The molecule has 3 aromatic carbocycles. The molecule has 1 nitrogen and oxygen atoms in total. The summed E-state index contributed by atoms with van der Waals surface area (Å²) in [5, 5.41) is 3.50. The Labute approximate surface area is 148 Å². The van der Waals surface area contributed by atoms with Gasteiger partial charge in [-0.3, -0.25) is 4.79 Å². The number of rotatable bonds is 3. The van der Waals surface area contributed by atoms with Crippen molar-refractivity contribution in [3.8, 4) is 27.0 Å². The molecule has 0 atom stereocenters. The third-order valence-corrected chi connectivity index (χ3v) is 6.75. The van der Waals surface area contributed by atoms with E-state index < -0.39 is 7.53 Å². The molecule has 1 heterocycles. The SMILES string of the molecule is O=c1cc(-c2ccccc2)p(-c2ccccc2)c(-c2ccccc2)c1. The van der Waals surface area contributed by atoms with Gasteiger partial charge in [0.1, 0.15) is 0 Å². The summed E-state index contributed by atoms with van der Waals surface area (Å²) < 4.78 is 0. The second-order valence-electron chi connectivity index (χ2n) is 5.86. The van der Waals surface area contributed by atoms with Crippen molar-refractivity contribution in [2.75, 3.05) is 0 Å². The molecule has 120 valence electrons. The standard InChI is InChI=1S/C23H17OP/c24-20-16-22(18-10-4-1-5-11-18)25(21-14-8-3-9-15-21)23(17-20)19-12-6-2-7-13-19/h1-17H. The number of benzene rings is 3. The van der Waals surface area contributed by atoms with E-state index in [1.807, 2.05) is 42.5 Å². The van der Waals surface area contributed by atoms with E-state index in [9.17, 15) is 4.79 Å². The van der Waals surface area contributed by atoms with Gasteiger partial charge >= 0.3 is 0 Å². The highest BCUT2D eigenvalue weighted by atomic mass is 31.1. The third kappa shape index (κ3) is 3.20. The molecule has 0 amide bonds. The second kappa shape index (κ2) is 6.93. The van der Waals surface area contributed by atoms with Gasteiger partial charge in [0.15, 0.2) is 5.43 Å². The van der Waals surface area contributed by atoms with Gasteiger partial charge in [-0.25, -0.2) is 0 Å². The maximum atomic E-state index is 12.5. The smallest absolute Gasteiger partial charge is 0.180 e.